The molecule has 2 aliphatic carbocycles. The lowest BCUT2D eigenvalue weighted by atomic mass is 9.55. The summed E-state index contributed by atoms with van der Waals surface area (Å²) in [6.45, 7) is 9.60. The van der Waals surface area contributed by atoms with E-state index in [2.05, 4.69) is 78.0 Å². The number of benzene rings is 2. The van der Waals surface area contributed by atoms with Gasteiger partial charge in [0.2, 0.25) is 0 Å². The van der Waals surface area contributed by atoms with E-state index in [0.717, 1.165) is 63.5 Å². The highest BCUT2D eigenvalue weighted by Gasteiger charge is 2.58. The van der Waals surface area contributed by atoms with Gasteiger partial charge in [-0.1, -0.05) is 56.3 Å². The number of nitrogens with zero attached hydrogens (tertiary/aromatic N) is 3. The number of anilines is 1. The Kier molecular flexibility index (Phi) is 5.68. The van der Waals surface area contributed by atoms with E-state index in [1.165, 1.54) is 22.4 Å². The van der Waals surface area contributed by atoms with Crippen molar-refractivity contribution in [2.45, 2.75) is 50.7 Å². The molecule has 6 heteroatoms. The van der Waals surface area contributed by atoms with Crippen LogP contribution in [0.3, 0.4) is 0 Å². The average Bonchev–Trinajstić information content (AvgIpc) is 3.59. The lowest BCUT2D eigenvalue weighted by molar-refractivity contribution is -0.234. The van der Waals surface area contributed by atoms with Gasteiger partial charge in [0.05, 0.1) is 37.8 Å². The molecule has 4 aliphatic rings. The molecule has 0 radical (unpaired) electrons. The number of hydrogen-bond donors (Lipinski definition) is 0. The molecule has 0 N–H and O–H groups in total. The topological polar surface area (TPSA) is 48.8 Å². The van der Waals surface area contributed by atoms with Gasteiger partial charge in [0.15, 0.2) is 11.6 Å². The van der Waals surface area contributed by atoms with Gasteiger partial charge in [-0.25, -0.2) is 4.68 Å². The molecule has 0 unspecified atom stereocenters. The van der Waals surface area contributed by atoms with Gasteiger partial charge in [0.25, 0.3) is 0 Å². The summed E-state index contributed by atoms with van der Waals surface area (Å²) in [4.78, 5) is 2.44. The number of ether oxygens (including phenoxy) is 3. The fraction of sp³-hybridized carbons (Fsp3) is 0.516. The maximum atomic E-state index is 6.28. The molecule has 3 fully saturated rings. The van der Waals surface area contributed by atoms with Crippen molar-refractivity contribution < 1.29 is 14.2 Å². The summed E-state index contributed by atoms with van der Waals surface area (Å²) in [6.07, 6.45) is 4.18. The zero-order valence-corrected chi connectivity index (χ0v) is 22.0. The molecule has 2 saturated heterocycles. The van der Waals surface area contributed by atoms with E-state index in [4.69, 9.17) is 19.3 Å². The van der Waals surface area contributed by atoms with Gasteiger partial charge in [0, 0.05) is 36.4 Å². The Bertz CT molecular complexity index is 1260. The minimum absolute atomic E-state index is 0.0171. The SMILES string of the molecule is C[C@@H]1[C@H]2CCc3c(N4CCOCC4)nn(-c4ccc(-c5ccccc5)cc4)c3[C@]2(C)CCC12OCCO2. The largest absolute Gasteiger partial charge is 0.378 e. The fourth-order valence-corrected chi connectivity index (χ4v) is 7.64. The van der Waals surface area contributed by atoms with Crippen molar-refractivity contribution >= 4 is 5.82 Å². The van der Waals surface area contributed by atoms with Crippen LogP contribution < -0.4 is 4.90 Å². The van der Waals surface area contributed by atoms with Crippen molar-refractivity contribution in [1.82, 2.24) is 9.78 Å². The molecule has 1 saturated carbocycles. The lowest BCUT2D eigenvalue weighted by Crippen LogP contribution is -2.55. The number of rotatable bonds is 3. The Balaban J connectivity index is 1.33. The van der Waals surface area contributed by atoms with E-state index in [9.17, 15) is 0 Å². The van der Waals surface area contributed by atoms with Crippen LogP contribution in [0.25, 0.3) is 16.8 Å². The number of morpholine rings is 1. The van der Waals surface area contributed by atoms with Crippen LogP contribution in [-0.4, -0.2) is 55.1 Å². The third-order valence-corrected chi connectivity index (χ3v) is 9.62. The zero-order valence-electron chi connectivity index (χ0n) is 22.0. The summed E-state index contributed by atoms with van der Waals surface area (Å²) in [5.41, 5.74) is 6.45. The highest BCUT2D eigenvalue weighted by molar-refractivity contribution is 5.65. The van der Waals surface area contributed by atoms with Crippen molar-refractivity contribution in [3.8, 4) is 16.8 Å². The van der Waals surface area contributed by atoms with Gasteiger partial charge in [-0.15, -0.1) is 5.10 Å². The van der Waals surface area contributed by atoms with Crippen LogP contribution in [0, 0.1) is 11.8 Å². The molecule has 194 valence electrons. The van der Waals surface area contributed by atoms with Crippen LogP contribution in [0.1, 0.15) is 44.4 Å². The van der Waals surface area contributed by atoms with E-state index < -0.39 is 5.79 Å². The molecule has 7 rings (SSSR count). The number of fused-ring (bicyclic) bond motifs is 3. The van der Waals surface area contributed by atoms with Gasteiger partial charge >= 0.3 is 0 Å². The molecular weight excluding hydrogens is 462 g/mol. The monoisotopic (exact) mass is 499 g/mol. The minimum atomic E-state index is -0.406. The molecule has 0 amide bonds. The fourth-order valence-electron chi connectivity index (χ4n) is 7.64. The van der Waals surface area contributed by atoms with Crippen LogP contribution in [0.15, 0.2) is 54.6 Å². The summed E-state index contributed by atoms with van der Waals surface area (Å²) in [5.74, 6) is 1.59. The van der Waals surface area contributed by atoms with E-state index in [-0.39, 0.29) is 5.41 Å². The highest BCUT2D eigenvalue weighted by Crippen LogP contribution is 2.58. The van der Waals surface area contributed by atoms with Crippen LogP contribution in [0.2, 0.25) is 0 Å². The molecule has 3 heterocycles. The molecule has 1 spiro atoms. The Morgan fingerprint density at radius 2 is 1.57 bits per heavy atom. The van der Waals surface area contributed by atoms with E-state index in [1.54, 1.807) is 0 Å². The van der Waals surface area contributed by atoms with Crippen LogP contribution in [-0.2, 0) is 26.0 Å². The predicted octanol–water partition coefficient (Wildman–Crippen LogP) is 5.37. The van der Waals surface area contributed by atoms with Crippen LogP contribution in [0.5, 0.6) is 0 Å². The van der Waals surface area contributed by atoms with E-state index >= 15 is 0 Å². The first kappa shape index (κ1) is 23.4. The summed E-state index contributed by atoms with van der Waals surface area (Å²) in [7, 11) is 0. The second-order valence-electron chi connectivity index (χ2n) is 11.4. The number of aromatic nitrogens is 2. The van der Waals surface area contributed by atoms with E-state index in [0.29, 0.717) is 25.0 Å². The van der Waals surface area contributed by atoms with Gasteiger partial charge in [-0.3, -0.25) is 0 Å². The van der Waals surface area contributed by atoms with Crippen molar-refractivity contribution in [3.63, 3.8) is 0 Å². The molecule has 0 bridgehead atoms. The molecule has 37 heavy (non-hydrogen) atoms. The average molecular weight is 500 g/mol. The Morgan fingerprint density at radius 3 is 2.30 bits per heavy atom. The molecule has 2 aliphatic heterocycles. The molecule has 6 nitrogen and oxygen atoms in total. The van der Waals surface area contributed by atoms with Gasteiger partial charge in [-0.05, 0) is 48.4 Å². The third-order valence-electron chi connectivity index (χ3n) is 9.62. The second kappa shape index (κ2) is 8.97. The Morgan fingerprint density at radius 1 is 0.865 bits per heavy atom. The molecule has 2 aromatic carbocycles. The van der Waals surface area contributed by atoms with Crippen molar-refractivity contribution in [2.24, 2.45) is 11.8 Å². The normalized spacial score (nSPS) is 28.8. The zero-order chi connectivity index (χ0) is 25.0. The van der Waals surface area contributed by atoms with Crippen molar-refractivity contribution in [2.75, 3.05) is 44.4 Å². The molecular formula is C31H37N3O3. The summed E-state index contributed by atoms with van der Waals surface area (Å²) in [5, 5.41) is 5.36. The lowest BCUT2D eigenvalue weighted by Gasteiger charge is -2.54. The standard InChI is InChI=1S/C31H37N3O3/c1-22-27-13-12-26-28(30(27,2)14-15-31(22)36-20-21-37-31)34(32-29(26)33-16-18-35-19-17-33)25-10-8-24(9-11-25)23-6-4-3-5-7-23/h3-11,22,27H,12-21H2,1-2H3/t22-,27-,30-/m1/s1. The first-order chi connectivity index (χ1) is 18.1. The molecule has 3 atom stereocenters. The molecule has 3 aromatic rings. The smallest absolute Gasteiger partial charge is 0.171 e. The van der Waals surface area contributed by atoms with Crippen molar-refractivity contribution in [1.29, 1.82) is 0 Å². The maximum absolute atomic E-state index is 6.28. The Labute approximate surface area is 219 Å². The first-order valence-electron chi connectivity index (χ1n) is 14.0. The second-order valence-corrected chi connectivity index (χ2v) is 11.4. The summed E-state index contributed by atoms with van der Waals surface area (Å²) in [6, 6.07) is 19.5. The molecule has 1 aromatic heterocycles. The summed E-state index contributed by atoms with van der Waals surface area (Å²) < 4.78 is 20.5. The van der Waals surface area contributed by atoms with Crippen molar-refractivity contribution in [3.05, 3.63) is 65.9 Å². The number of hydrogen-bond acceptors (Lipinski definition) is 5. The van der Waals surface area contributed by atoms with E-state index in [1.807, 2.05) is 0 Å². The Hall–Kier alpha value is -2.67. The summed E-state index contributed by atoms with van der Waals surface area (Å²) >= 11 is 0. The minimum Gasteiger partial charge on any atom is -0.378 e. The first-order valence-corrected chi connectivity index (χ1v) is 14.0. The quantitative estimate of drug-likeness (QED) is 0.485. The van der Waals surface area contributed by atoms with Gasteiger partial charge in [-0.2, -0.15) is 0 Å². The van der Waals surface area contributed by atoms with Crippen LogP contribution in [0.4, 0.5) is 5.82 Å². The maximum Gasteiger partial charge on any atom is 0.171 e. The predicted molar refractivity (Wildman–Crippen MR) is 144 cm³/mol. The third kappa shape index (κ3) is 3.68. The van der Waals surface area contributed by atoms with Gasteiger partial charge < -0.3 is 19.1 Å². The van der Waals surface area contributed by atoms with Gasteiger partial charge in [0.1, 0.15) is 0 Å². The van der Waals surface area contributed by atoms with Crippen LogP contribution >= 0.6 is 0 Å². The highest BCUT2D eigenvalue weighted by atomic mass is 16.7.